The van der Waals surface area contributed by atoms with Crippen molar-refractivity contribution in [2.75, 3.05) is 0 Å². The molecule has 2 aromatic heterocycles. The Kier molecular flexibility index (Phi) is 5.37. The molecule has 2 N–H and O–H groups in total. The number of rotatable bonds is 6. The van der Waals surface area contributed by atoms with Gasteiger partial charge in [-0.1, -0.05) is 29.8 Å². The van der Waals surface area contributed by atoms with Crippen molar-refractivity contribution < 1.29 is 9.21 Å². The highest BCUT2D eigenvalue weighted by atomic mass is 32.1. The average molecular weight is 370 g/mol. The number of nitrogens with one attached hydrogen (secondary N) is 2. The van der Waals surface area contributed by atoms with Crippen molar-refractivity contribution in [2.24, 2.45) is 0 Å². The van der Waals surface area contributed by atoms with Crippen LogP contribution in [0, 0.1) is 18.6 Å². The summed E-state index contributed by atoms with van der Waals surface area (Å²) in [5.41, 5.74) is 2.14. The van der Waals surface area contributed by atoms with E-state index in [1.54, 1.807) is 0 Å². The van der Waals surface area contributed by atoms with Crippen molar-refractivity contribution in [2.45, 2.75) is 39.8 Å². The lowest BCUT2D eigenvalue weighted by Gasteiger charge is -2.12. The zero-order valence-electron chi connectivity index (χ0n) is 15.1. The fourth-order valence-corrected chi connectivity index (χ4v) is 2.96. The Morgan fingerprint density at radius 3 is 2.65 bits per heavy atom. The van der Waals surface area contributed by atoms with Crippen molar-refractivity contribution in [1.82, 2.24) is 20.1 Å². The van der Waals surface area contributed by atoms with Crippen LogP contribution in [0.25, 0.3) is 11.4 Å². The average Bonchev–Trinajstić information content (AvgIpc) is 3.20. The van der Waals surface area contributed by atoms with Crippen LogP contribution in [-0.2, 0) is 11.3 Å². The van der Waals surface area contributed by atoms with Gasteiger partial charge in [-0.3, -0.25) is 14.5 Å². The highest BCUT2D eigenvalue weighted by molar-refractivity contribution is 7.71. The second-order valence-corrected chi connectivity index (χ2v) is 6.74. The Morgan fingerprint density at radius 1 is 1.27 bits per heavy atom. The first-order valence-electron chi connectivity index (χ1n) is 8.52. The molecule has 1 unspecified atom stereocenters. The molecule has 136 valence electrons. The van der Waals surface area contributed by atoms with Crippen LogP contribution in [-0.4, -0.2) is 20.7 Å². The monoisotopic (exact) mass is 370 g/mol. The van der Waals surface area contributed by atoms with E-state index in [-0.39, 0.29) is 11.9 Å². The van der Waals surface area contributed by atoms with Gasteiger partial charge in [-0.05, 0) is 45.1 Å². The molecule has 1 aromatic carbocycles. The number of aromatic amines is 1. The Morgan fingerprint density at radius 2 is 2.00 bits per heavy atom. The molecule has 0 aliphatic carbocycles. The van der Waals surface area contributed by atoms with E-state index in [4.69, 9.17) is 16.6 Å². The normalized spacial score (nSPS) is 12.1. The lowest BCUT2D eigenvalue weighted by molar-refractivity contribution is -0.122. The van der Waals surface area contributed by atoms with Crippen molar-refractivity contribution in [3.05, 3.63) is 58.3 Å². The number of carbonyl (C=O) groups excluding carboxylic acids is 1. The largest absolute Gasteiger partial charge is 0.464 e. The van der Waals surface area contributed by atoms with Crippen molar-refractivity contribution >= 4 is 18.1 Å². The molecule has 0 radical (unpaired) electrons. The van der Waals surface area contributed by atoms with Crippen LogP contribution in [0.5, 0.6) is 0 Å². The third-order valence-corrected chi connectivity index (χ3v) is 4.51. The SMILES string of the molecule is Cc1ccc(-c2n[nH]c(=S)n2CCC(=O)NC(C)c2ccc(C)o2)cc1. The fraction of sp³-hybridized carbons (Fsp3) is 0.316. The second kappa shape index (κ2) is 7.70. The Labute approximate surface area is 157 Å². The smallest absolute Gasteiger partial charge is 0.222 e. The van der Waals surface area contributed by atoms with Gasteiger partial charge < -0.3 is 9.73 Å². The number of furan rings is 1. The molecular formula is C19H22N4O2S. The van der Waals surface area contributed by atoms with Gasteiger partial charge in [0.15, 0.2) is 10.6 Å². The van der Waals surface area contributed by atoms with E-state index in [2.05, 4.69) is 15.5 Å². The first kappa shape index (κ1) is 18.1. The molecule has 3 aromatic rings. The molecule has 0 saturated heterocycles. The lowest BCUT2D eigenvalue weighted by Crippen LogP contribution is -2.27. The van der Waals surface area contributed by atoms with Gasteiger partial charge in [-0.25, -0.2) is 0 Å². The first-order valence-corrected chi connectivity index (χ1v) is 8.93. The molecule has 2 heterocycles. The highest BCUT2D eigenvalue weighted by Gasteiger charge is 2.14. The molecule has 0 aliphatic heterocycles. The summed E-state index contributed by atoms with van der Waals surface area (Å²) in [5, 5.41) is 10.1. The Bertz CT molecular complexity index is 953. The number of amides is 1. The quantitative estimate of drug-likeness (QED) is 0.641. The zero-order chi connectivity index (χ0) is 18.7. The predicted octanol–water partition coefficient (Wildman–Crippen LogP) is 4.09. The summed E-state index contributed by atoms with van der Waals surface area (Å²) < 4.78 is 7.90. The standard InChI is InChI=1S/C19H22N4O2S/c1-12-4-7-15(8-5-12)18-21-22-19(26)23(18)11-10-17(24)20-14(3)16-9-6-13(2)25-16/h4-9,14H,10-11H2,1-3H3,(H,20,24)(H,22,26). The Balaban J connectivity index is 1.66. The number of H-pyrrole nitrogens is 1. The number of aromatic nitrogens is 3. The first-order chi connectivity index (χ1) is 12.4. The van der Waals surface area contributed by atoms with E-state index in [9.17, 15) is 4.79 Å². The molecule has 0 bridgehead atoms. The molecular weight excluding hydrogens is 348 g/mol. The number of hydrogen-bond donors (Lipinski definition) is 2. The minimum Gasteiger partial charge on any atom is -0.464 e. The van der Waals surface area contributed by atoms with Crippen molar-refractivity contribution in [1.29, 1.82) is 0 Å². The van der Waals surface area contributed by atoms with Crippen LogP contribution in [0.15, 0.2) is 40.8 Å². The molecule has 7 heteroatoms. The van der Waals surface area contributed by atoms with Gasteiger partial charge in [0.1, 0.15) is 11.5 Å². The molecule has 1 atom stereocenters. The van der Waals surface area contributed by atoms with E-state index < -0.39 is 0 Å². The summed E-state index contributed by atoms with van der Waals surface area (Å²) in [6, 6.07) is 11.6. The van der Waals surface area contributed by atoms with Gasteiger partial charge >= 0.3 is 0 Å². The lowest BCUT2D eigenvalue weighted by atomic mass is 10.1. The summed E-state index contributed by atoms with van der Waals surface area (Å²) in [4.78, 5) is 12.3. The number of nitrogens with zero attached hydrogens (tertiary/aromatic N) is 2. The minimum absolute atomic E-state index is 0.0653. The van der Waals surface area contributed by atoms with Gasteiger partial charge in [0, 0.05) is 18.5 Å². The van der Waals surface area contributed by atoms with Crippen molar-refractivity contribution in [3.8, 4) is 11.4 Å². The van der Waals surface area contributed by atoms with Crippen LogP contribution in [0.1, 0.15) is 36.5 Å². The summed E-state index contributed by atoms with van der Waals surface area (Å²) >= 11 is 5.32. The molecule has 6 nitrogen and oxygen atoms in total. The predicted molar refractivity (Wildman–Crippen MR) is 102 cm³/mol. The maximum absolute atomic E-state index is 12.3. The van der Waals surface area contributed by atoms with E-state index in [1.165, 1.54) is 5.56 Å². The fourth-order valence-electron chi connectivity index (χ4n) is 2.73. The van der Waals surface area contributed by atoms with Crippen LogP contribution in [0.4, 0.5) is 0 Å². The molecule has 3 rings (SSSR count). The van der Waals surface area contributed by atoms with Gasteiger partial charge in [-0.15, -0.1) is 0 Å². The molecule has 0 saturated carbocycles. The van der Waals surface area contributed by atoms with E-state index in [0.717, 1.165) is 22.9 Å². The maximum atomic E-state index is 12.3. The number of aryl methyl sites for hydroxylation is 2. The highest BCUT2D eigenvalue weighted by Crippen LogP contribution is 2.19. The summed E-state index contributed by atoms with van der Waals surface area (Å²) in [6.45, 7) is 6.27. The molecule has 0 aliphatic rings. The summed E-state index contributed by atoms with van der Waals surface area (Å²) in [6.07, 6.45) is 0.302. The molecule has 1 amide bonds. The Hall–Kier alpha value is -2.67. The van der Waals surface area contributed by atoms with Gasteiger partial charge in [0.2, 0.25) is 5.91 Å². The third-order valence-electron chi connectivity index (χ3n) is 4.20. The number of carbonyl (C=O) groups is 1. The summed E-state index contributed by atoms with van der Waals surface area (Å²) in [7, 11) is 0. The van der Waals surface area contributed by atoms with Gasteiger partial charge in [0.25, 0.3) is 0 Å². The maximum Gasteiger partial charge on any atom is 0.222 e. The molecule has 0 spiro atoms. The molecule has 26 heavy (non-hydrogen) atoms. The van der Waals surface area contributed by atoms with Crippen LogP contribution >= 0.6 is 12.2 Å². The van der Waals surface area contributed by atoms with Crippen LogP contribution < -0.4 is 5.32 Å². The van der Waals surface area contributed by atoms with Gasteiger partial charge in [-0.2, -0.15) is 5.10 Å². The van der Waals surface area contributed by atoms with E-state index in [1.807, 2.05) is 61.7 Å². The number of benzene rings is 1. The number of hydrogen-bond acceptors (Lipinski definition) is 4. The van der Waals surface area contributed by atoms with Gasteiger partial charge in [0.05, 0.1) is 6.04 Å². The third kappa shape index (κ3) is 4.11. The molecule has 0 fully saturated rings. The summed E-state index contributed by atoms with van der Waals surface area (Å²) in [5.74, 6) is 2.24. The van der Waals surface area contributed by atoms with Crippen LogP contribution in [0.3, 0.4) is 0 Å². The van der Waals surface area contributed by atoms with E-state index >= 15 is 0 Å². The van der Waals surface area contributed by atoms with E-state index in [0.29, 0.717) is 17.7 Å². The topological polar surface area (TPSA) is 75.8 Å². The zero-order valence-corrected chi connectivity index (χ0v) is 15.9. The van der Waals surface area contributed by atoms with Crippen molar-refractivity contribution in [3.63, 3.8) is 0 Å². The minimum atomic E-state index is -0.176. The van der Waals surface area contributed by atoms with Crippen LogP contribution in [0.2, 0.25) is 0 Å². The second-order valence-electron chi connectivity index (χ2n) is 6.36.